The van der Waals surface area contributed by atoms with Crippen LogP contribution in [-0.2, 0) is 6.54 Å². The Morgan fingerprint density at radius 2 is 2.05 bits per heavy atom. The Hall–Kier alpha value is -1.95. The highest BCUT2D eigenvalue weighted by Gasteiger charge is 2.15. The van der Waals surface area contributed by atoms with E-state index in [1.54, 1.807) is 22.9 Å². The van der Waals surface area contributed by atoms with Gasteiger partial charge in [-0.2, -0.15) is 0 Å². The summed E-state index contributed by atoms with van der Waals surface area (Å²) in [6, 6.07) is 5.10. The quantitative estimate of drug-likeness (QED) is 0.897. The number of hydrogen-bond acceptors (Lipinski definition) is 4. The van der Waals surface area contributed by atoms with Gasteiger partial charge in [0.1, 0.15) is 11.0 Å². The number of hydrogen-bond donors (Lipinski definition) is 1. The van der Waals surface area contributed by atoms with Gasteiger partial charge in [-0.05, 0) is 51.0 Å². The van der Waals surface area contributed by atoms with Crippen LogP contribution in [0.25, 0.3) is 11.0 Å². The molecule has 106 valence electrons. The van der Waals surface area contributed by atoms with E-state index in [1.165, 1.54) is 25.9 Å². The lowest BCUT2D eigenvalue weighted by molar-refractivity contribution is 0.0698. The zero-order valence-corrected chi connectivity index (χ0v) is 11.3. The molecule has 0 radical (unpaired) electrons. The minimum atomic E-state index is -0.932. The number of aromatic nitrogens is 3. The molecule has 0 unspecified atom stereocenters. The van der Waals surface area contributed by atoms with Gasteiger partial charge in [-0.15, -0.1) is 5.10 Å². The van der Waals surface area contributed by atoms with Gasteiger partial charge in [0.2, 0.25) is 0 Å². The molecule has 1 aromatic carbocycles. The number of likely N-dealkylation sites (tertiary alicyclic amines) is 1. The number of aromatic carboxylic acids is 1. The summed E-state index contributed by atoms with van der Waals surface area (Å²) in [6.07, 6.45) is 3.54. The summed E-state index contributed by atoms with van der Waals surface area (Å²) in [5, 5.41) is 17.4. The first-order valence-corrected chi connectivity index (χ1v) is 7.03. The van der Waals surface area contributed by atoms with Crippen LogP contribution in [-0.4, -0.2) is 50.6 Å². The van der Waals surface area contributed by atoms with Crippen LogP contribution >= 0.6 is 0 Å². The molecule has 1 aromatic heterocycles. The van der Waals surface area contributed by atoms with Crippen molar-refractivity contribution in [2.45, 2.75) is 25.8 Å². The van der Waals surface area contributed by atoms with Crippen molar-refractivity contribution < 1.29 is 9.90 Å². The van der Waals surface area contributed by atoms with Crippen molar-refractivity contribution in [3.05, 3.63) is 23.8 Å². The Morgan fingerprint density at radius 1 is 1.25 bits per heavy atom. The monoisotopic (exact) mass is 274 g/mol. The number of nitrogens with zero attached hydrogens (tertiary/aromatic N) is 4. The largest absolute Gasteiger partial charge is 0.478 e. The molecule has 0 saturated carbocycles. The van der Waals surface area contributed by atoms with Gasteiger partial charge in [0.25, 0.3) is 0 Å². The predicted molar refractivity (Wildman–Crippen MR) is 74.8 cm³/mol. The van der Waals surface area contributed by atoms with Gasteiger partial charge in [-0.3, -0.25) is 0 Å². The van der Waals surface area contributed by atoms with Crippen molar-refractivity contribution in [1.29, 1.82) is 0 Å². The van der Waals surface area contributed by atoms with Gasteiger partial charge in [0, 0.05) is 6.54 Å². The third-order valence-electron chi connectivity index (χ3n) is 3.81. The minimum absolute atomic E-state index is 0.272. The molecule has 1 aliphatic heterocycles. The third kappa shape index (κ3) is 2.51. The van der Waals surface area contributed by atoms with E-state index in [1.807, 2.05) is 0 Å². The fourth-order valence-corrected chi connectivity index (χ4v) is 2.81. The summed E-state index contributed by atoms with van der Waals surface area (Å²) in [5.41, 5.74) is 1.54. The van der Waals surface area contributed by atoms with Crippen molar-refractivity contribution in [2.24, 2.45) is 0 Å². The summed E-state index contributed by atoms with van der Waals surface area (Å²) in [5.74, 6) is -0.932. The molecular weight excluding hydrogens is 256 g/mol. The Balaban J connectivity index is 1.75. The maximum atomic E-state index is 11.3. The van der Waals surface area contributed by atoms with Crippen molar-refractivity contribution in [1.82, 2.24) is 19.9 Å². The first-order chi connectivity index (χ1) is 9.75. The molecule has 2 aromatic rings. The van der Waals surface area contributed by atoms with E-state index < -0.39 is 5.97 Å². The fraction of sp³-hybridized carbons (Fsp3) is 0.500. The maximum absolute atomic E-state index is 11.3. The lowest BCUT2D eigenvalue weighted by atomic mass is 10.2. The van der Waals surface area contributed by atoms with E-state index in [2.05, 4.69) is 15.2 Å². The topological polar surface area (TPSA) is 71.2 Å². The van der Waals surface area contributed by atoms with Crippen LogP contribution in [0.15, 0.2) is 18.2 Å². The number of para-hydroxylation sites is 1. The number of fused-ring (bicyclic) bond motifs is 1. The smallest absolute Gasteiger partial charge is 0.337 e. The second-order valence-electron chi connectivity index (χ2n) is 5.19. The van der Waals surface area contributed by atoms with Crippen LogP contribution in [0.1, 0.15) is 29.6 Å². The molecule has 0 spiro atoms. The third-order valence-corrected chi connectivity index (χ3v) is 3.81. The summed E-state index contributed by atoms with van der Waals surface area (Å²) in [7, 11) is 0. The SMILES string of the molecule is O=C(O)c1cccc2nnn(CCCN3CCCC3)c12. The standard InChI is InChI=1S/C14H18N4O2/c19-14(20)11-5-3-6-12-13(11)18(16-15-12)10-4-9-17-7-1-2-8-17/h3,5-6H,1-2,4,7-10H2,(H,19,20). The molecule has 1 N–H and O–H groups in total. The lowest BCUT2D eigenvalue weighted by Crippen LogP contribution is -2.21. The number of aryl methyl sites for hydroxylation is 1. The van der Waals surface area contributed by atoms with Gasteiger partial charge in [-0.25, -0.2) is 9.48 Å². The minimum Gasteiger partial charge on any atom is -0.478 e. The first kappa shape index (κ1) is 13.1. The summed E-state index contributed by atoms with van der Waals surface area (Å²) < 4.78 is 1.72. The van der Waals surface area contributed by atoms with Gasteiger partial charge < -0.3 is 10.0 Å². The number of carboxylic acids is 1. The van der Waals surface area contributed by atoms with E-state index >= 15 is 0 Å². The van der Waals surface area contributed by atoms with Crippen LogP contribution in [0.4, 0.5) is 0 Å². The van der Waals surface area contributed by atoms with Crippen molar-refractivity contribution in [3.63, 3.8) is 0 Å². The highest BCUT2D eigenvalue weighted by Crippen LogP contribution is 2.17. The molecule has 0 amide bonds. The van der Waals surface area contributed by atoms with Gasteiger partial charge in [-0.1, -0.05) is 11.3 Å². The Bertz CT molecular complexity index is 617. The van der Waals surface area contributed by atoms with Crippen LogP contribution in [0, 0.1) is 0 Å². The molecule has 2 heterocycles. The zero-order chi connectivity index (χ0) is 13.9. The van der Waals surface area contributed by atoms with Gasteiger partial charge in [0.15, 0.2) is 0 Å². The molecular formula is C14H18N4O2. The van der Waals surface area contributed by atoms with E-state index in [0.717, 1.165) is 13.0 Å². The summed E-state index contributed by atoms with van der Waals surface area (Å²) >= 11 is 0. The van der Waals surface area contributed by atoms with Crippen molar-refractivity contribution >= 4 is 17.0 Å². The summed E-state index contributed by atoms with van der Waals surface area (Å²) in [4.78, 5) is 13.7. The second kappa shape index (κ2) is 5.58. The molecule has 1 aliphatic rings. The van der Waals surface area contributed by atoms with Crippen molar-refractivity contribution in [3.8, 4) is 0 Å². The van der Waals surface area contributed by atoms with Crippen LogP contribution < -0.4 is 0 Å². The zero-order valence-electron chi connectivity index (χ0n) is 11.3. The first-order valence-electron chi connectivity index (χ1n) is 7.03. The maximum Gasteiger partial charge on any atom is 0.337 e. The average Bonchev–Trinajstić information content (AvgIpc) is 3.08. The highest BCUT2D eigenvalue weighted by molar-refractivity contribution is 6.00. The molecule has 0 atom stereocenters. The Kier molecular flexibility index (Phi) is 3.64. The molecule has 6 heteroatoms. The normalized spacial score (nSPS) is 16.0. The van der Waals surface area contributed by atoms with E-state index in [4.69, 9.17) is 0 Å². The number of carbonyl (C=O) groups is 1. The predicted octanol–water partition coefficient (Wildman–Crippen LogP) is 1.62. The molecule has 0 aliphatic carbocycles. The number of carboxylic acid groups (broad SMARTS) is 1. The van der Waals surface area contributed by atoms with Crippen LogP contribution in [0.3, 0.4) is 0 Å². The molecule has 3 rings (SSSR count). The number of rotatable bonds is 5. The molecule has 20 heavy (non-hydrogen) atoms. The molecule has 1 saturated heterocycles. The number of benzene rings is 1. The van der Waals surface area contributed by atoms with Crippen LogP contribution in [0.2, 0.25) is 0 Å². The van der Waals surface area contributed by atoms with E-state index in [0.29, 0.717) is 17.6 Å². The highest BCUT2D eigenvalue weighted by atomic mass is 16.4. The van der Waals surface area contributed by atoms with Gasteiger partial charge >= 0.3 is 5.97 Å². The molecule has 1 fully saturated rings. The Labute approximate surface area is 117 Å². The van der Waals surface area contributed by atoms with Gasteiger partial charge in [0.05, 0.1) is 5.56 Å². The fourth-order valence-electron chi connectivity index (χ4n) is 2.81. The van der Waals surface area contributed by atoms with Crippen LogP contribution in [0.5, 0.6) is 0 Å². The lowest BCUT2D eigenvalue weighted by Gasteiger charge is -2.14. The molecule has 0 bridgehead atoms. The average molecular weight is 274 g/mol. The Morgan fingerprint density at radius 3 is 2.80 bits per heavy atom. The summed E-state index contributed by atoms with van der Waals surface area (Å²) in [6.45, 7) is 4.10. The van der Waals surface area contributed by atoms with E-state index in [-0.39, 0.29) is 5.56 Å². The van der Waals surface area contributed by atoms with E-state index in [9.17, 15) is 9.90 Å². The second-order valence-corrected chi connectivity index (χ2v) is 5.19. The van der Waals surface area contributed by atoms with Crippen molar-refractivity contribution in [2.75, 3.05) is 19.6 Å². The molecule has 6 nitrogen and oxygen atoms in total.